The standard InChI is InChI=1S/C30H32FNO4/c1-17-13-24(25(31)16-32-17)23-11-9-21(14-28(23)34-3)26-12-10-19-5-8-22(15-27(19)36-26)29(20-6-7-20)18(2)30(33)35-4/h5,8-9,11,13-16,18,20,26,29H,6-7,10,12H2,1-4H3/t18-,26?,29-/m0/s1. The number of rotatable bonds is 7. The summed E-state index contributed by atoms with van der Waals surface area (Å²) in [5, 5.41) is 0. The molecule has 1 saturated carbocycles. The summed E-state index contributed by atoms with van der Waals surface area (Å²) in [5.74, 6) is 1.35. The molecule has 0 N–H and O–H groups in total. The second-order valence-electron chi connectivity index (χ2n) is 9.95. The molecule has 0 bridgehead atoms. The number of esters is 1. The van der Waals surface area contributed by atoms with Gasteiger partial charge in [0.05, 0.1) is 26.3 Å². The van der Waals surface area contributed by atoms with Crippen LogP contribution in [0.25, 0.3) is 11.1 Å². The minimum Gasteiger partial charge on any atom is -0.496 e. The fourth-order valence-corrected chi connectivity index (χ4v) is 5.47. The lowest BCUT2D eigenvalue weighted by molar-refractivity contribution is -0.145. The summed E-state index contributed by atoms with van der Waals surface area (Å²) in [7, 11) is 3.05. The molecule has 3 atom stereocenters. The highest BCUT2D eigenvalue weighted by atomic mass is 19.1. The summed E-state index contributed by atoms with van der Waals surface area (Å²) in [6.07, 6.45) is 5.10. The van der Waals surface area contributed by atoms with Gasteiger partial charge in [-0.1, -0.05) is 31.2 Å². The molecule has 1 aliphatic carbocycles. The first kappa shape index (κ1) is 24.3. The summed E-state index contributed by atoms with van der Waals surface area (Å²) >= 11 is 0. The van der Waals surface area contributed by atoms with Crippen molar-refractivity contribution in [1.82, 2.24) is 4.98 Å². The van der Waals surface area contributed by atoms with Crippen molar-refractivity contribution in [1.29, 1.82) is 0 Å². The zero-order chi connectivity index (χ0) is 25.4. The molecule has 188 valence electrons. The zero-order valence-corrected chi connectivity index (χ0v) is 21.2. The van der Waals surface area contributed by atoms with Gasteiger partial charge in [0.1, 0.15) is 23.4 Å². The fourth-order valence-electron chi connectivity index (χ4n) is 5.47. The van der Waals surface area contributed by atoms with Crippen molar-refractivity contribution < 1.29 is 23.4 Å². The van der Waals surface area contributed by atoms with Crippen LogP contribution in [0.2, 0.25) is 0 Å². The van der Waals surface area contributed by atoms with E-state index < -0.39 is 0 Å². The second-order valence-corrected chi connectivity index (χ2v) is 9.95. The number of carbonyl (C=O) groups excluding carboxylic acids is 1. The van der Waals surface area contributed by atoms with Crippen molar-refractivity contribution in [2.45, 2.75) is 51.6 Å². The van der Waals surface area contributed by atoms with Crippen LogP contribution in [0.3, 0.4) is 0 Å². The molecule has 0 amide bonds. The van der Waals surface area contributed by atoms with Crippen LogP contribution in [0.4, 0.5) is 4.39 Å². The number of methoxy groups -OCH3 is 2. The number of aryl methyl sites for hydroxylation is 2. The Bertz CT molecular complexity index is 1290. The molecule has 36 heavy (non-hydrogen) atoms. The highest BCUT2D eigenvalue weighted by molar-refractivity contribution is 5.73. The number of halogens is 1. The smallest absolute Gasteiger partial charge is 0.309 e. The molecule has 0 spiro atoms. The maximum absolute atomic E-state index is 14.5. The third-order valence-electron chi connectivity index (χ3n) is 7.54. The molecular weight excluding hydrogens is 457 g/mol. The Hall–Kier alpha value is -3.41. The van der Waals surface area contributed by atoms with Crippen LogP contribution < -0.4 is 9.47 Å². The van der Waals surface area contributed by atoms with E-state index in [1.807, 2.05) is 32.0 Å². The summed E-state index contributed by atoms with van der Waals surface area (Å²) in [5.41, 5.74) is 5.19. The molecule has 0 saturated heterocycles. The monoisotopic (exact) mass is 489 g/mol. The van der Waals surface area contributed by atoms with Gasteiger partial charge >= 0.3 is 5.97 Å². The number of carbonyl (C=O) groups is 1. The Labute approximate surface area is 211 Å². The number of hydrogen-bond acceptors (Lipinski definition) is 5. The number of pyridine rings is 1. The molecule has 5 rings (SSSR count). The van der Waals surface area contributed by atoms with Gasteiger partial charge in [0, 0.05) is 16.8 Å². The van der Waals surface area contributed by atoms with Gasteiger partial charge in [-0.25, -0.2) is 4.39 Å². The van der Waals surface area contributed by atoms with Crippen LogP contribution in [-0.2, 0) is 16.0 Å². The third kappa shape index (κ3) is 4.69. The Morgan fingerprint density at radius 3 is 2.61 bits per heavy atom. The lowest BCUT2D eigenvalue weighted by Gasteiger charge is -2.29. The highest BCUT2D eigenvalue weighted by Gasteiger charge is 2.39. The van der Waals surface area contributed by atoms with Crippen molar-refractivity contribution in [3.05, 3.63) is 76.9 Å². The van der Waals surface area contributed by atoms with Crippen LogP contribution in [0, 0.1) is 24.6 Å². The van der Waals surface area contributed by atoms with Crippen molar-refractivity contribution in [3.63, 3.8) is 0 Å². The summed E-state index contributed by atoms with van der Waals surface area (Å²) in [4.78, 5) is 16.4. The van der Waals surface area contributed by atoms with Gasteiger partial charge in [0.25, 0.3) is 0 Å². The molecule has 3 aromatic rings. The zero-order valence-electron chi connectivity index (χ0n) is 21.2. The molecule has 2 aromatic carbocycles. The largest absolute Gasteiger partial charge is 0.496 e. The summed E-state index contributed by atoms with van der Waals surface area (Å²) in [6, 6.07) is 13.9. The van der Waals surface area contributed by atoms with E-state index >= 15 is 0 Å². The van der Waals surface area contributed by atoms with Crippen molar-refractivity contribution >= 4 is 5.97 Å². The van der Waals surface area contributed by atoms with E-state index in [1.165, 1.54) is 18.9 Å². The molecule has 2 heterocycles. The molecule has 1 unspecified atom stereocenters. The number of aromatic nitrogens is 1. The van der Waals surface area contributed by atoms with Gasteiger partial charge in [-0.2, -0.15) is 0 Å². The third-order valence-corrected chi connectivity index (χ3v) is 7.54. The number of benzene rings is 2. The van der Waals surface area contributed by atoms with Gasteiger partial charge in [-0.15, -0.1) is 0 Å². The Morgan fingerprint density at radius 2 is 1.89 bits per heavy atom. The minimum atomic E-state index is -0.381. The Kier molecular flexibility index (Phi) is 6.69. The molecule has 1 aliphatic heterocycles. The van der Waals surface area contributed by atoms with Gasteiger partial charge in [-0.3, -0.25) is 9.78 Å². The van der Waals surface area contributed by atoms with Crippen molar-refractivity contribution in [2.75, 3.05) is 14.2 Å². The fraction of sp³-hybridized carbons (Fsp3) is 0.400. The van der Waals surface area contributed by atoms with E-state index in [0.29, 0.717) is 22.8 Å². The van der Waals surface area contributed by atoms with E-state index in [2.05, 4.69) is 23.2 Å². The predicted molar refractivity (Wildman–Crippen MR) is 136 cm³/mol. The van der Waals surface area contributed by atoms with Gasteiger partial charge in [0.2, 0.25) is 0 Å². The van der Waals surface area contributed by atoms with Gasteiger partial charge in [-0.05, 0) is 79.3 Å². The van der Waals surface area contributed by atoms with E-state index in [1.54, 1.807) is 13.2 Å². The van der Waals surface area contributed by atoms with Gasteiger partial charge < -0.3 is 14.2 Å². The van der Waals surface area contributed by atoms with Crippen molar-refractivity contribution in [3.8, 4) is 22.6 Å². The van der Waals surface area contributed by atoms with E-state index in [9.17, 15) is 9.18 Å². The molecule has 1 aromatic heterocycles. The molecule has 2 aliphatic rings. The lowest BCUT2D eigenvalue weighted by Crippen LogP contribution is -2.23. The maximum atomic E-state index is 14.5. The first-order valence-corrected chi connectivity index (χ1v) is 12.6. The van der Waals surface area contributed by atoms with Crippen LogP contribution >= 0.6 is 0 Å². The second kappa shape index (κ2) is 9.92. The molecule has 6 heteroatoms. The number of ether oxygens (including phenoxy) is 3. The van der Waals surface area contributed by atoms with Crippen LogP contribution in [0.1, 0.15) is 60.6 Å². The number of nitrogens with zero attached hydrogens (tertiary/aromatic N) is 1. The van der Waals surface area contributed by atoms with E-state index in [-0.39, 0.29) is 29.7 Å². The molecular formula is C30H32FNO4. The SMILES string of the molecule is COC(=O)[C@@H](C)[C@H](c1ccc2c(c1)OC(c1ccc(-c3cc(C)ncc3F)c(OC)c1)CC2)C1CC1. The number of hydrogen-bond donors (Lipinski definition) is 0. The summed E-state index contributed by atoms with van der Waals surface area (Å²) in [6.45, 7) is 3.80. The van der Waals surface area contributed by atoms with Crippen LogP contribution in [-0.4, -0.2) is 25.2 Å². The average molecular weight is 490 g/mol. The minimum absolute atomic E-state index is 0.129. The van der Waals surface area contributed by atoms with Crippen LogP contribution in [0.5, 0.6) is 11.5 Å². The van der Waals surface area contributed by atoms with Crippen LogP contribution in [0.15, 0.2) is 48.7 Å². The van der Waals surface area contributed by atoms with Gasteiger partial charge in [0.15, 0.2) is 0 Å². The topological polar surface area (TPSA) is 57.7 Å². The molecule has 1 fully saturated rings. The molecule has 5 nitrogen and oxygen atoms in total. The normalized spacial score (nSPS) is 18.5. The predicted octanol–water partition coefficient (Wildman–Crippen LogP) is 6.57. The average Bonchev–Trinajstić information content (AvgIpc) is 3.74. The Balaban J connectivity index is 1.42. The van der Waals surface area contributed by atoms with Crippen molar-refractivity contribution in [2.24, 2.45) is 11.8 Å². The highest BCUT2D eigenvalue weighted by Crippen LogP contribution is 2.48. The van der Waals surface area contributed by atoms with E-state index in [4.69, 9.17) is 14.2 Å². The lowest BCUT2D eigenvalue weighted by atomic mass is 9.82. The first-order valence-electron chi connectivity index (χ1n) is 12.6. The van der Waals surface area contributed by atoms with E-state index in [0.717, 1.165) is 48.3 Å². The first-order chi connectivity index (χ1) is 17.4. The quantitative estimate of drug-likeness (QED) is 0.351. The summed E-state index contributed by atoms with van der Waals surface area (Å²) < 4.78 is 31.7. The maximum Gasteiger partial charge on any atom is 0.309 e. The number of fused-ring (bicyclic) bond motifs is 1. The Morgan fingerprint density at radius 1 is 1.08 bits per heavy atom. The molecule has 0 radical (unpaired) electrons.